The summed E-state index contributed by atoms with van der Waals surface area (Å²) in [6, 6.07) is 16.5. The van der Waals surface area contributed by atoms with Crippen LogP contribution in [0, 0.1) is 11.8 Å². The molecule has 1 aliphatic rings. The Labute approximate surface area is 192 Å². The molecule has 0 heterocycles. The molecule has 0 saturated heterocycles. The Morgan fingerprint density at radius 2 is 1.90 bits per heavy atom. The second-order valence-electron chi connectivity index (χ2n) is 7.99. The largest absolute Gasteiger partial charge is 0.550 e. The number of nitrogens with one attached hydrogen (secondary N) is 1. The van der Waals surface area contributed by atoms with Crippen molar-refractivity contribution in [3.8, 4) is 0 Å². The van der Waals surface area contributed by atoms with Crippen LogP contribution in [0.3, 0.4) is 0 Å². The number of carboxylic acid groups (broad SMARTS) is 1. The number of aryl methyl sites for hydroxylation is 1. The number of hydrogen-bond donors (Lipinski definition) is 1. The molecule has 1 saturated carbocycles. The monoisotopic (exact) mass is 487 g/mol. The van der Waals surface area contributed by atoms with E-state index in [0.717, 1.165) is 36.0 Å². The Bertz CT molecular complexity index is 881. The molecule has 6 heteroatoms. The van der Waals surface area contributed by atoms with Gasteiger partial charge in [-0.15, -0.1) is 0 Å². The topological polar surface area (TPSA) is 55.4 Å². The Morgan fingerprint density at radius 3 is 2.57 bits per heavy atom. The highest BCUT2D eigenvalue weighted by Crippen LogP contribution is 2.30. The summed E-state index contributed by atoms with van der Waals surface area (Å²) in [5, 5.41) is 15.3. The second-order valence-corrected chi connectivity index (χ2v) is 9.29. The minimum Gasteiger partial charge on any atom is -0.550 e. The Hall–Kier alpha value is -1.92. The Balaban J connectivity index is 1.73. The average Bonchev–Trinajstić information content (AvgIpc) is 2.74. The predicted octanol–water partition coefficient (Wildman–Crippen LogP) is 4.77. The number of halogens is 1. The molecular formula is C24H28BrN2O2S-. The molecular weight excluding hydrogens is 460 g/mol. The van der Waals surface area contributed by atoms with Crippen molar-refractivity contribution in [2.75, 3.05) is 11.9 Å². The summed E-state index contributed by atoms with van der Waals surface area (Å²) in [6.07, 6.45) is 4.10. The molecule has 1 aliphatic carbocycles. The average molecular weight is 488 g/mol. The molecule has 1 fully saturated rings. The van der Waals surface area contributed by atoms with Crippen LogP contribution in [-0.4, -0.2) is 22.5 Å². The zero-order valence-electron chi connectivity index (χ0n) is 17.3. The zero-order chi connectivity index (χ0) is 21.5. The molecule has 0 radical (unpaired) electrons. The summed E-state index contributed by atoms with van der Waals surface area (Å²) in [7, 11) is 0. The lowest BCUT2D eigenvalue weighted by Gasteiger charge is -2.34. The van der Waals surface area contributed by atoms with E-state index >= 15 is 0 Å². The van der Waals surface area contributed by atoms with Crippen LogP contribution in [0.15, 0.2) is 53.0 Å². The van der Waals surface area contributed by atoms with Gasteiger partial charge < -0.3 is 20.1 Å². The van der Waals surface area contributed by atoms with Crippen molar-refractivity contribution in [3.05, 3.63) is 64.1 Å². The van der Waals surface area contributed by atoms with E-state index in [4.69, 9.17) is 12.2 Å². The van der Waals surface area contributed by atoms with E-state index in [0.29, 0.717) is 30.4 Å². The van der Waals surface area contributed by atoms with Gasteiger partial charge in [0.05, 0.1) is 0 Å². The van der Waals surface area contributed by atoms with Crippen molar-refractivity contribution >= 4 is 44.9 Å². The molecule has 0 aliphatic heterocycles. The van der Waals surface area contributed by atoms with Gasteiger partial charge in [-0.05, 0) is 85.5 Å². The number of carbonyl (C=O) groups is 1. The maximum Gasteiger partial charge on any atom is 0.173 e. The highest BCUT2D eigenvalue weighted by atomic mass is 79.9. The van der Waals surface area contributed by atoms with Gasteiger partial charge in [0.25, 0.3) is 0 Å². The van der Waals surface area contributed by atoms with Crippen LogP contribution in [0.4, 0.5) is 5.69 Å². The second kappa shape index (κ2) is 10.9. The molecule has 0 bridgehead atoms. The van der Waals surface area contributed by atoms with Crippen LogP contribution in [0.25, 0.3) is 0 Å². The Morgan fingerprint density at radius 1 is 1.17 bits per heavy atom. The summed E-state index contributed by atoms with van der Waals surface area (Å²) in [4.78, 5) is 13.4. The van der Waals surface area contributed by atoms with E-state index in [-0.39, 0.29) is 5.92 Å². The minimum absolute atomic E-state index is 0.304. The van der Waals surface area contributed by atoms with E-state index in [1.807, 2.05) is 24.3 Å². The molecule has 1 N–H and O–H groups in total. The van der Waals surface area contributed by atoms with Crippen molar-refractivity contribution < 1.29 is 9.90 Å². The van der Waals surface area contributed by atoms with Gasteiger partial charge in [0.1, 0.15) is 0 Å². The van der Waals surface area contributed by atoms with E-state index < -0.39 is 5.97 Å². The van der Waals surface area contributed by atoms with E-state index in [2.05, 4.69) is 57.3 Å². The van der Waals surface area contributed by atoms with Gasteiger partial charge in [-0.1, -0.05) is 53.2 Å². The normalized spacial score (nSPS) is 18.6. The first-order chi connectivity index (χ1) is 14.5. The van der Waals surface area contributed by atoms with Crippen molar-refractivity contribution in [2.24, 2.45) is 11.8 Å². The number of carbonyl (C=O) groups excluding carboxylic acids is 1. The Kier molecular flexibility index (Phi) is 8.28. The van der Waals surface area contributed by atoms with E-state index in [1.165, 1.54) is 11.1 Å². The van der Waals surface area contributed by atoms with Gasteiger partial charge in [-0.25, -0.2) is 0 Å². The standard InChI is InChI=1S/C24H29BrN2O2S/c1-2-19-7-3-4-9-22(19)26-24(30)27(16-18-6-5-8-21(25)14-18)15-17-10-12-20(13-11-17)23(28)29/h3-9,14,17,20H,2,10-13,15-16H2,1H3,(H,26,30)(H,28,29)/p-1. The van der Waals surface area contributed by atoms with Gasteiger partial charge in [0.2, 0.25) is 0 Å². The lowest BCUT2D eigenvalue weighted by atomic mass is 9.82. The molecule has 2 aromatic carbocycles. The molecule has 4 nitrogen and oxygen atoms in total. The molecule has 0 atom stereocenters. The zero-order valence-corrected chi connectivity index (χ0v) is 19.7. The third kappa shape index (κ3) is 6.29. The molecule has 160 valence electrons. The van der Waals surface area contributed by atoms with Crippen LogP contribution in [0.5, 0.6) is 0 Å². The smallest absolute Gasteiger partial charge is 0.173 e. The fourth-order valence-corrected chi connectivity index (χ4v) is 4.81. The first-order valence-corrected chi connectivity index (χ1v) is 11.8. The highest BCUT2D eigenvalue weighted by Gasteiger charge is 2.25. The lowest BCUT2D eigenvalue weighted by Crippen LogP contribution is -2.40. The van der Waals surface area contributed by atoms with Gasteiger partial charge >= 0.3 is 0 Å². The molecule has 0 amide bonds. The summed E-state index contributed by atoms with van der Waals surface area (Å²) in [6.45, 7) is 3.66. The van der Waals surface area contributed by atoms with Crippen molar-refractivity contribution in [2.45, 2.75) is 45.6 Å². The predicted molar refractivity (Wildman–Crippen MR) is 127 cm³/mol. The van der Waals surface area contributed by atoms with Gasteiger partial charge in [-0.3, -0.25) is 0 Å². The number of carboxylic acids is 1. The van der Waals surface area contributed by atoms with Crippen LogP contribution < -0.4 is 10.4 Å². The van der Waals surface area contributed by atoms with Crippen LogP contribution in [0.2, 0.25) is 0 Å². The van der Waals surface area contributed by atoms with Crippen molar-refractivity contribution in [1.82, 2.24) is 4.90 Å². The molecule has 2 aromatic rings. The highest BCUT2D eigenvalue weighted by molar-refractivity contribution is 9.10. The van der Waals surface area contributed by atoms with E-state index in [1.54, 1.807) is 0 Å². The first-order valence-electron chi connectivity index (χ1n) is 10.6. The van der Waals surface area contributed by atoms with E-state index in [9.17, 15) is 9.90 Å². The first kappa shape index (κ1) is 22.8. The number of para-hydroxylation sites is 1. The number of benzene rings is 2. The lowest BCUT2D eigenvalue weighted by molar-refractivity contribution is -0.312. The van der Waals surface area contributed by atoms with Crippen LogP contribution in [-0.2, 0) is 17.8 Å². The number of nitrogens with zero attached hydrogens (tertiary/aromatic N) is 1. The fourth-order valence-electron chi connectivity index (χ4n) is 4.11. The summed E-state index contributed by atoms with van der Waals surface area (Å²) < 4.78 is 1.05. The molecule has 0 spiro atoms. The summed E-state index contributed by atoms with van der Waals surface area (Å²) >= 11 is 9.38. The maximum absolute atomic E-state index is 11.2. The van der Waals surface area contributed by atoms with Crippen LogP contribution >= 0.6 is 28.1 Å². The number of aliphatic carboxylic acids is 1. The van der Waals surface area contributed by atoms with Crippen LogP contribution in [0.1, 0.15) is 43.7 Å². The SMILES string of the molecule is CCc1ccccc1NC(=S)N(Cc1cccc(Br)c1)CC1CCC(C(=O)[O-])CC1. The number of anilines is 1. The van der Waals surface area contributed by atoms with Gasteiger partial charge in [-0.2, -0.15) is 0 Å². The maximum atomic E-state index is 11.2. The molecule has 0 aromatic heterocycles. The summed E-state index contributed by atoms with van der Waals surface area (Å²) in [5.74, 6) is -0.789. The number of hydrogen-bond acceptors (Lipinski definition) is 3. The summed E-state index contributed by atoms with van der Waals surface area (Å²) in [5.41, 5.74) is 3.46. The number of rotatable bonds is 7. The number of thiocarbonyl (C=S) groups is 1. The quantitative estimate of drug-likeness (QED) is 0.570. The molecule has 30 heavy (non-hydrogen) atoms. The van der Waals surface area contributed by atoms with Crippen molar-refractivity contribution in [3.63, 3.8) is 0 Å². The van der Waals surface area contributed by atoms with Gasteiger partial charge in [0.15, 0.2) is 5.11 Å². The molecule has 0 unspecified atom stereocenters. The molecule has 3 rings (SSSR count). The fraction of sp³-hybridized carbons (Fsp3) is 0.417. The minimum atomic E-state index is -0.909. The van der Waals surface area contributed by atoms with Gasteiger partial charge in [0, 0.05) is 29.2 Å². The third-order valence-corrected chi connectivity index (χ3v) is 6.70. The van der Waals surface area contributed by atoms with Crippen molar-refractivity contribution in [1.29, 1.82) is 0 Å². The third-order valence-electron chi connectivity index (χ3n) is 5.85.